The summed E-state index contributed by atoms with van der Waals surface area (Å²) in [5.41, 5.74) is -0.932. The van der Waals surface area contributed by atoms with Crippen molar-refractivity contribution >= 4 is 22.5 Å². The molecule has 0 spiro atoms. The van der Waals surface area contributed by atoms with Gasteiger partial charge < -0.3 is 14.8 Å². The molecule has 0 saturated heterocycles. The minimum Gasteiger partial charge on any atom is -0.497 e. The monoisotopic (exact) mass is 355 g/mol. The Labute approximate surface area is 146 Å². The number of aromatic nitrogens is 2. The Kier molecular flexibility index (Phi) is 4.46. The number of ketones is 1. The van der Waals surface area contributed by atoms with E-state index in [1.807, 2.05) is 0 Å². The highest BCUT2D eigenvalue weighted by Crippen LogP contribution is 2.21. The summed E-state index contributed by atoms with van der Waals surface area (Å²) in [4.78, 5) is 41.1. The molecule has 0 bridgehead atoms. The normalized spacial score (nSPS) is 11.9. The first-order valence-corrected chi connectivity index (χ1v) is 7.45. The standard InChI is InChI=1S/C17H13N3O6/c1-26-11-5-2-9(3-6-11)15(21)16(22)14-17(23)19-13-8-10(20(24)25)4-7-12(13)18-14/h2-8,15,21H,1H3,(H,19,23)/t15-/m0/s1. The van der Waals surface area contributed by atoms with Crippen LogP contribution in [0.5, 0.6) is 5.75 Å². The van der Waals surface area contributed by atoms with Crippen LogP contribution in [0.25, 0.3) is 11.0 Å². The maximum absolute atomic E-state index is 12.5. The van der Waals surface area contributed by atoms with Crippen LogP contribution >= 0.6 is 0 Å². The van der Waals surface area contributed by atoms with Crippen LogP contribution in [-0.4, -0.2) is 32.9 Å². The molecule has 2 N–H and O–H groups in total. The van der Waals surface area contributed by atoms with E-state index in [9.17, 15) is 24.8 Å². The van der Waals surface area contributed by atoms with Crippen molar-refractivity contribution in [3.05, 3.63) is 74.2 Å². The van der Waals surface area contributed by atoms with Crippen LogP contribution in [0, 0.1) is 10.1 Å². The maximum Gasteiger partial charge on any atom is 0.278 e. The van der Waals surface area contributed by atoms with Gasteiger partial charge in [0.25, 0.3) is 11.2 Å². The summed E-state index contributed by atoms with van der Waals surface area (Å²) in [6.45, 7) is 0. The molecular weight excluding hydrogens is 342 g/mol. The summed E-state index contributed by atoms with van der Waals surface area (Å²) in [5.74, 6) is -0.326. The number of H-pyrrole nitrogens is 1. The number of nitro benzene ring substituents is 1. The van der Waals surface area contributed by atoms with Crippen molar-refractivity contribution in [1.29, 1.82) is 0 Å². The Bertz CT molecular complexity index is 1060. The number of ether oxygens (including phenoxy) is 1. The molecule has 3 aromatic rings. The van der Waals surface area contributed by atoms with E-state index in [2.05, 4.69) is 9.97 Å². The number of aliphatic hydroxyl groups excluding tert-OH is 1. The van der Waals surface area contributed by atoms with E-state index in [4.69, 9.17) is 4.74 Å². The Morgan fingerprint density at radius 1 is 1.27 bits per heavy atom. The lowest BCUT2D eigenvalue weighted by molar-refractivity contribution is -0.384. The van der Waals surface area contributed by atoms with Gasteiger partial charge in [-0.25, -0.2) is 4.98 Å². The number of fused-ring (bicyclic) bond motifs is 1. The van der Waals surface area contributed by atoms with E-state index >= 15 is 0 Å². The molecule has 132 valence electrons. The van der Waals surface area contributed by atoms with Crippen molar-refractivity contribution in [2.75, 3.05) is 7.11 Å². The fourth-order valence-electron chi connectivity index (χ4n) is 2.42. The van der Waals surface area contributed by atoms with Crippen molar-refractivity contribution in [3.8, 4) is 5.75 Å². The van der Waals surface area contributed by atoms with E-state index in [0.717, 1.165) is 6.07 Å². The quantitative estimate of drug-likeness (QED) is 0.404. The van der Waals surface area contributed by atoms with E-state index in [0.29, 0.717) is 5.75 Å². The van der Waals surface area contributed by atoms with E-state index < -0.39 is 28.1 Å². The number of nitrogens with zero attached hydrogens (tertiary/aromatic N) is 2. The second-order valence-corrected chi connectivity index (χ2v) is 5.41. The van der Waals surface area contributed by atoms with E-state index in [1.54, 1.807) is 12.1 Å². The molecule has 9 nitrogen and oxygen atoms in total. The molecule has 1 aromatic heterocycles. The summed E-state index contributed by atoms with van der Waals surface area (Å²) in [7, 11) is 1.49. The highest BCUT2D eigenvalue weighted by molar-refractivity contribution is 5.99. The van der Waals surface area contributed by atoms with Gasteiger partial charge in [0.2, 0.25) is 5.78 Å². The van der Waals surface area contributed by atoms with Gasteiger partial charge in [0.15, 0.2) is 5.69 Å². The Hall–Kier alpha value is -3.59. The fraction of sp³-hybridized carbons (Fsp3) is 0.118. The third kappa shape index (κ3) is 3.15. The van der Waals surface area contributed by atoms with Crippen LogP contribution in [0.15, 0.2) is 47.3 Å². The van der Waals surface area contributed by atoms with Crippen molar-refractivity contribution in [3.63, 3.8) is 0 Å². The average molecular weight is 355 g/mol. The number of aliphatic hydroxyl groups is 1. The Morgan fingerprint density at radius 3 is 2.58 bits per heavy atom. The zero-order valence-corrected chi connectivity index (χ0v) is 13.5. The van der Waals surface area contributed by atoms with Crippen LogP contribution < -0.4 is 10.3 Å². The van der Waals surface area contributed by atoms with Gasteiger partial charge in [-0.05, 0) is 23.8 Å². The van der Waals surface area contributed by atoms with E-state index in [1.165, 1.54) is 31.4 Å². The first kappa shape index (κ1) is 17.2. The molecule has 0 radical (unpaired) electrons. The molecule has 1 atom stereocenters. The molecule has 26 heavy (non-hydrogen) atoms. The fourth-order valence-corrected chi connectivity index (χ4v) is 2.42. The number of nitro groups is 1. The molecule has 0 fully saturated rings. The third-order valence-corrected chi connectivity index (χ3v) is 3.80. The van der Waals surface area contributed by atoms with E-state index in [-0.39, 0.29) is 22.3 Å². The second-order valence-electron chi connectivity index (χ2n) is 5.41. The maximum atomic E-state index is 12.5. The third-order valence-electron chi connectivity index (χ3n) is 3.80. The van der Waals surface area contributed by atoms with Gasteiger partial charge in [-0.3, -0.25) is 19.7 Å². The van der Waals surface area contributed by atoms with Crippen LogP contribution in [0.3, 0.4) is 0 Å². The molecule has 2 aromatic carbocycles. The number of hydrogen-bond donors (Lipinski definition) is 2. The number of rotatable bonds is 5. The highest BCUT2D eigenvalue weighted by atomic mass is 16.6. The van der Waals surface area contributed by atoms with Gasteiger partial charge in [-0.2, -0.15) is 0 Å². The van der Waals surface area contributed by atoms with Crippen LogP contribution in [0.1, 0.15) is 22.2 Å². The number of carbonyl (C=O) groups is 1. The molecular formula is C17H13N3O6. The van der Waals surface area contributed by atoms with Gasteiger partial charge in [0.1, 0.15) is 11.9 Å². The molecule has 0 unspecified atom stereocenters. The minimum atomic E-state index is -1.58. The summed E-state index contributed by atoms with van der Waals surface area (Å²) in [5, 5.41) is 21.0. The number of hydrogen-bond acceptors (Lipinski definition) is 7. The first-order chi connectivity index (χ1) is 12.4. The summed E-state index contributed by atoms with van der Waals surface area (Å²) < 4.78 is 5.01. The minimum absolute atomic E-state index is 0.125. The topological polar surface area (TPSA) is 135 Å². The van der Waals surface area contributed by atoms with Crippen LogP contribution in [-0.2, 0) is 0 Å². The largest absolute Gasteiger partial charge is 0.497 e. The van der Waals surface area contributed by atoms with Gasteiger partial charge in [-0.15, -0.1) is 0 Å². The first-order valence-electron chi connectivity index (χ1n) is 7.45. The number of aromatic amines is 1. The molecule has 3 rings (SSSR count). The van der Waals surface area contributed by atoms with Crippen LogP contribution in [0.2, 0.25) is 0 Å². The second kappa shape index (κ2) is 6.73. The smallest absolute Gasteiger partial charge is 0.278 e. The van der Waals surface area contributed by atoms with Crippen molar-refractivity contribution < 1.29 is 19.6 Å². The molecule has 0 aliphatic carbocycles. The van der Waals surface area contributed by atoms with Crippen molar-refractivity contribution in [2.24, 2.45) is 0 Å². The summed E-state index contributed by atoms with van der Waals surface area (Å²) in [6.07, 6.45) is -1.58. The predicted octanol–water partition coefficient (Wildman–Crippen LogP) is 1.76. The molecule has 0 aliphatic rings. The van der Waals surface area contributed by atoms with Gasteiger partial charge in [0, 0.05) is 12.1 Å². The van der Waals surface area contributed by atoms with Crippen molar-refractivity contribution in [1.82, 2.24) is 9.97 Å². The number of carbonyl (C=O) groups excluding carboxylic acids is 1. The van der Waals surface area contributed by atoms with Crippen LogP contribution in [0.4, 0.5) is 5.69 Å². The van der Waals surface area contributed by atoms with Gasteiger partial charge in [-0.1, -0.05) is 12.1 Å². The summed E-state index contributed by atoms with van der Waals surface area (Å²) in [6, 6.07) is 9.83. The zero-order chi connectivity index (χ0) is 18.8. The number of Topliss-reactive ketones (excluding diaryl/α,β-unsaturated/α-hetero) is 1. The highest BCUT2D eigenvalue weighted by Gasteiger charge is 2.24. The number of benzene rings is 2. The number of non-ortho nitro benzene ring substituents is 1. The lowest BCUT2D eigenvalue weighted by atomic mass is 10.0. The zero-order valence-electron chi connectivity index (χ0n) is 13.5. The Balaban J connectivity index is 1.99. The van der Waals surface area contributed by atoms with Gasteiger partial charge >= 0.3 is 0 Å². The summed E-state index contributed by atoms with van der Waals surface area (Å²) >= 11 is 0. The predicted molar refractivity (Wildman–Crippen MR) is 91.3 cm³/mol. The SMILES string of the molecule is COc1ccc([C@H](O)C(=O)c2nc3ccc([N+](=O)[O-])cc3[nH]c2=O)cc1. The lowest BCUT2D eigenvalue weighted by Gasteiger charge is -2.10. The Morgan fingerprint density at radius 2 is 1.96 bits per heavy atom. The molecule has 0 aliphatic heterocycles. The molecule has 1 heterocycles. The van der Waals surface area contributed by atoms with Gasteiger partial charge in [0.05, 0.1) is 23.1 Å². The number of methoxy groups -OCH3 is 1. The van der Waals surface area contributed by atoms with Crippen molar-refractivity contribution in [2.45, 2.75) is 6.10 Å². The number of nitrogens with one attached hydrogen (secondary N) is 1. The molecule has 0 amide bonds. The average Bonchev–Trinajstić information content (AvgIpc) is 2.65. The molecule has 0 saturated carbocycles. The molecule has 9 heteroatoms. The lowest BCUT2D eigenvalue weighted by Crippen LogP contribution is -2.24.